The highest BCUT2D eigenvalue weighted by molar-refractivity contribution is 7.86. The summed E-state index contributed by atoms with van der Waals surface area (Å²) in [7, 11) is -3.79. The van der Waals surface area contributed by atoms with Crippen LogP contribution in [0, 0.1) is 0 Å². The molecular formula is C33H41N3O12S. The molecule has 2 aliphatic heterocycles. The van der Waals surface area contributed by atoms with E-state index in [-0.39, 0.29) is 60.1 Å². The lowest BCUT2D eigenvalue weighted by Crippen LogP contribution is -2.54. The number of ether oxygens (including phenoxy) is 4. The highest BCUT2D eigenvalue weighted by atomic mass is 32.2. The SMILES string of the molecule is O=C1CCC(N2C(=O)c3cccc(NC(=O)CCCCCOCCOCCOCCOCCOS(=O)(=O)c4ccccc4)c3C2=O)C(=O)N1. The van der Waals surface area contributed by atoms with Crippen LogP contribution in [0.25, 0.3) is 0 Å². The van der Waals surface area contributed by atoms with Gasteiger partial charge in [0, 0.05) is 19.4 Å². The molecule has 0 radical (unpaired) electrons. The van der Waals surface area contributed by atoms with Gasteiger partial charge in [-0.25, -0.2) is 0 Å². The lowest BCUT2D eigenvalue weighted by atomic mass is 10.0. The van der Waals surface area contributed by atoms with Crippen LogP contribution in [0.5, 0.6) is 0 Å². The van der Waals surface area contributed by atoms with Crippen LogP contribution in [-0.4, -0.2) is 108 Å². The second kappa shape index (κ2) is 19.2. The zero-order valence-electron chi connectivity index (χ0n) is 27.1. The first-order valence-electron chi connectivity index (χ1n) is 16.1. The van der Waals surface area contributed by atoms with Gasteiger partial charge in [-0.05, 0) is 43.5 Å². The lowest BCUT2D eigenvalue weighted by molar-refractivity contribution is -0.136. The third-order valence-corrected chi connectivity index (χ3v) is 8.88. The monoisotopic (exact) mass is 703 g/mol. The molecule has 2 aliphatic rings. The van der Waals surface area contributed by atoms with Crippen LogP contribution in [0.1, 0.15) is 59.2 Å². The summed E-state index contributed by atoms with van der Waals surface area (Å²) in [6, 6.07) is 11.4. The van der Waals surface area contributed by atoms with Crippen LogP contribution in [-0.2, 0) is 47.6 Å². The number of carbonyl (C=O) groups is 5. The molecule has 0 aliphatic carbocycles. The van der Waals surface area contributed by atoms with Crippen molar-refractivity contribution >= 4 is 45.3 Å². The van der Waals surface area contributed by atoms with Crippen molar-refractivity contribution in [3.8, 4) is 0 Å². The van der Waals surface area contributed by atoms with Crippen molar-refractivity contribution in [3.05, 3.63) is 59.7 Å². The van der Waals surface area contributed by atoms with E-state index in [9.17, 15) is 32.4 Å². The molecule has 2 aromatic rings. The third-order valence-electron chi connectivity index (χ3n) is 7.55. The summed E-state index contributed by atoms with van der Waals surface area (Å²) in [5.74, 6) is -2.76. The smallest absolute Gasteiger partial charge is 0.297 e. The van der Waals surface area contributed by atoms with Crippen molar-refractivity contribution in [2.45, 2.75) is 49.5 Å². The van der Waals surface area contributed by atoms with Crippen LogP contribution in [0.15, 0.2) is 53.4 Å². The maximum atomic E-state index is 13.2. The fraction of sp³-hybridized carbons (Fsp3) is 0.485. The fourth-order valence-corrected chi connectivity index (χ4v) is 6.03. The predicted octanol–water partition coefficient (Wildman–Crippen LogP) is 2.06. The van der Waals surface area contributed by atoms with Gasteiger partial charge in [-0.3, -0.25) is 38.4 Å². The molecule has 2 aromatic carbocycles. The molecule has 16 heteroatoms. The fourth-order valence-electron chi connectivity index (χ4n) is 5.12. The minimum atomic E-state index is -3.79. The number of hydrogen-bond donors (Lipinski definition) is 2. The summed E-state index contributed by atoms with van der Waals surface area (Å²) < 4.78 is 50.6. The molecule has 2 heterocycles. The van der Waals surface area contributed by atoms with Gasteiger partial charge >= 0.3 is 0 Å². The Morgan fingerprint density at radius 3 is 2.04 bits per heavy atom. The summed E-state index contributed by atoms with van der Waals surface area (Å²) in [6.07, 6.45) is 2.36. The number of imide groups is 2. The number of unbranched alkanes of at least 4 members (excludes halogenated alkanes) is 2. The third kappa shape index (κ3) is 11.2. The van der Waals surface area contributed by atoms with E-state index in [1.807, 2.05) is 0 Å². The molecule has 0 saturated carbocycles. The van der Waals surface area contributed by atoms with Crippen LogP contribution >= 0.6 is 0 Å². The maximum absolute atomic E-state index is 13.2. The molecule has 1 atom stereocenters. The summed E-state index contributed by atoms with van der Waals surface area (Å²) >= 11 is 0. The Morgan fingerprint density at radius 1 is 0.755 bits per heavy atom. The minimum absolute atomic E-state index is 0.0219. The number of fused-ring (bicyclic) bond motifs is 1. The molecule has 5 amide bonds. The van der Waals surface area contributed by atoms with E-state index in [1.165, 1.54) is 24.3 Å². The highest BCUT2D eigenvalue weighted by Crippen LogP contribution is 2.32. The van der Waals surface area contributed by atoms with E-state index in [0.717, 1.165) is 17.7 Å². The van der Waals surface area contributed by atoms with Crippen molar-refractivity contribution in [2.24, 2.45) is 0 Å². The first-order valence-corrected chi connectivity index (χ1v) is 17.5. The van der Waals surface area contributed by atoms with E-state index in [2.05, 4.69) is 10.6 Å². The Balaban J connectivity index is 0.971. The van der Waals surface area contributed by atoms with E-state index in [4.69, 9.17) is 23.1 Å². The number of hydrogen-bond acceptors (Lipinski definition) is 12. The van der Waals surface area contributed by atoms with Crippen LogP contribution in [0.2, 0.25) is 0 Å². The molecule has 1 unspecified atom stereocenters. The molecule has 2 N–H and O–H groups in total. The van der Waals surface area contributed by atoms with Gasteiger partial charge in [-0.1, -0.05) is 30.7 Å². The van der Waals surface area contributed by atoms with Crippen LogP contribution in [0.3, 0.4) is 0 Å². The maximum Gasteiger partial charge on any atom is 0.297 e. The number of rotatable bonds is 22. The van der Waals surface area contributed by atoms with Crippen molar-refractivity contribution in [1.29, 1.82) is 0 Å². The normalized spacial score (nSPS) is 16.2. The number of carbonyl (C=O) groups excluding carboxylic acids is 5. The average molecular weight is 704 g/mol. The van der Waals surface area contributed by atoms with Crippen molar-refractivity contribution in [1.82, 2.24) is 10.2 Å². The zero-order valence-corrected chi connectivity index (χ0v) is 27.9. The molecule has 15 nitrogen and oxygen atoms in total. The number of nitrogens with one attached hydrogen (secondary N) is 2. The molecule has 0 aromatic heterocycles. The highest BCUT2D eigenvalue weighted by Gasteiger charge is 2.45. The quantitative estimate of drug-likeness (QED) is 0.103. The van der Waals surface area contributed by atoms with Gasteiger partial charge in [-0.2, -0.15) is 8.42 Å². The molecule has 4 rings (SSSR count). The van der Waals surface area contributed by atoms with Crippen molar-refractivity contribution in [3.63, 3.8) is 0 Å². The van der Waals surface area contributed by atoms with Crippen LogP contribution < -0.4 is 10.6 Å². The van der Waals surface area contributed by atoms with Gasteiger partial charge in [0.2, 0.25) is 17.7 Å². The van der Waals surface area contributed by atoms with Gasteiger partial charge in [0.15, 0.2) is 0 Å². The summed E-state index contributed by atoms with van der Waals surface area (Å²) in [4.78, 5) is 63.5. The second-order valence-corrected chi connectivity index (χ2v) is 12.7. The lowest BCUT2D eigenvalue weighted by Gasteiger charge is -2.27. The Hall–Kier alpha value is -4.06. The van der Waals surface area contributed by atoms with Gasteiger partial charge in [0.05, 0.1) is 74.6 Å². The Bertz CT molecular complexity index is 1570. The van der Waals surface area contributed by atoms with Gasteiger partial charge in [0.25, 0.3) is 21.9 Å². The zero-order chi connectivity index (χ0) is 35.1. The van der Waals surface area contributed by atoms with Gasteiger partial charge in [-0.15, -0.1) is 0 Å². The Labute approximate surface area is 284 Å². The van der Waals surface area contributed by atoms with E-state index in [1.54, 1.807) is 24.3 Å². The number of nitrogens with zero attached hydrogens (tertiary/aromatic N) is 1. The van der Waals surface area contributed by atoms with Crippen LogP contribution in [0.4, 0.5) is 5.69 Å². The van der Waals surface area contributed by atoms with Crippen molar-refractivity contribution in [2.75, 3.05) is 64.8 Å². The first kappa shape index (κ1) is 37.8. The number of anilines is 1. The Kier molecular flexibility index (Phi) is 14.8. The number of amides is 5. The standard InChI is InChI=1S/C33H41N3O12S/c37-28(34-26-11-7-10-25-30(26)33(41)36(32(25)40)27-13-14-29(38)35-31(27)39)12-5-2-6-15-44-16-17-45-18-19-46-20-21-47-22-23-48-49(42,43)24-8-3-1-4-9-24/h1,3-4,7-11,27H,2,5-6,12-23H2,(H,34,37)(H,35,38,39). The van der Waals surface area contributed by atoms with Gasteiger partial charge < -0.3 is 24.3 Å². The largest absolute Gasteiger partial charge is 0.379 e. The molecule has 49 heavy (non-hydrogen) atoms. The summed E-state index contributed by atoms with van der Waals surface area (Å²) in [6.45, 7) is 2.73. The number of benzene rings is 2. The minimum Gasteiger partial charge on any atom is -0.379 e. The molecular weight excluding hydrogens is 662 g/mol. The summed E-state index contributed by atoms with van der Waals surface area (Å²) in [5.41, 5.74) is 0.349. The predicted molar refractivity (Wildman–Crippen MR) is 173 cm³/mol. The average Bonchev–Trinajstić information content (AvgIpc) is 3.34. The molecule has 266 valence electrons. The topological polar surface area (TPSA) is 193 Å². The van der Waals surface area contributed by atoms with Crippen molar-refractivity contribution < 1.29 is 55.5 Å². The molecule has 1 fully saturated rings. The van der Waals surface area contributed by atoms with E-state index >= 15 is 0 Å². The van der Waals surface area contributed by atoms with E-state index in [0.29, 0.717) is 52.7 Å². The molecule has 0 bridgehead atoms. The molecule has 0 spiro atoms. The number of piperidine rings is 1. The Morgan fingerprint density at radius 2 is 1.39 bits per heavy atom. The summed E-state index contributed by atoms with van der Waals surface area (Å²) in [5, 5.41) is 4.88. The van der Waals surface area contributed by atoms with Gasteiger partial charge in [0.1, 0.15) is 6.04 Å². The molecule has 1 saturated heterocycles. The van der Waals surface area contributed by atoms with E-state index < -0.39 is 39.8 Å². The first-order chi connectivity index (χ1) is 23.7. The second-order valence-electron chi connectivity index (χ2n) is 11.1.